The number of nitrogens with zero attached hydrogens (tertiary/aromatic N) is 2. The summed E-state index contributed by atoms with van der Waals surface area (Å²) in [6, 6.07) is 3.24. The summed E-state index contributed by atoms with van der Waals surface area (Å²) < 4.78 is 0. The molecule has 2 aromatic heterocycles. The third-order valence-electron chi connectivity index (χ3n) is 4.32. The van der Waals surface area contributed by atoms with Crippen LogP contribution in [0.25, 0.3) is 0 Å². The minimum Gasteiger partial charge on any atom is -0.503 e. The molecule has 0 radical (unpaired) electrons. The van der Waals surface area contributed by atoms with Crippen molar-refractivity contribution in [3.63, 3.8) is 0 Å². The number of aliphatic hydroxyl groups excluding tert-OH is 1. The summed E-state index contributed by atoms with van der Waals surface area (Å²) in [5.74, 6) is -1.23. The van der Waals surface area contributed by atoms with E-state index >= 15 is 0 Å². The van der Waals surface area contributed by atoms with Gasteiger partial charge in [-0.3, -0.25) is 9.59 Å². The molecule has 1 amide bonds. The van der Waals surface area contributed by atoms with Gasteiger partial charge in [-0.25, -0.2) is 4.98 Å². The Morgan fingerprint density at radius 2 is 2.12 bits per heavy atom. The van der Waals surface area contributed by atoms with Crippen molar-refractivity contribution >= 4 is 34.4 Å². The topological polar surface area (TPSA) is 74.9 Å². The van der Waals surface area contributed by atoms with E-state index in [1.54, 1.807) is 11.8 Å². The normalized spacial score (nSPS) is 17.7. The molecule has 0 fully saturated rings. The minimum absolute atomic E-state index is 0.165. The first-order valence-corrected chi connectivity index (χ1v) is 10.1. The number of carbonyl (C=O) groups excluding carboxylic acids is 2. The second-order valence-electron chi connectivity index (χ2n) is 6.61. The Kier molecular flexibility index (Phi) is 5.27. The van der Waals surface area contributed by atoms with Crippen LogP contribution in [0.1, 0.15) is 31.3 Å². The van der Waals surface area contributed by atoms with E-state index in [1.807, 2.05) is 38.5 Å². The second-order valence-corrected chi connectivity index (χ2v) is 8.79. The number of amides is 1. The zero-order valence-electron chi connectivity index (χ0n) is 15.2. The SMILES string of the molecule is Cc1nc(C)c(C(=O)C2=C(O)C(=O)N(CC[NH+](C)C)[C@@H]2c2cccs2)s1. The number of hydrogen-bond acceptors (Lipinski definition) is 6. The predicted octanol–water partition coefficient (Wildman–Crippen LogP) is 1.54. The number of aromatic nitrogens is 1. The minimum atomic E-state index is -0.545. The van der Waals surface area contributed by atoms with Gasteiger partial charge in [0.1, 0.15) is 0 Å². The van der Waals surface area contributed by atoms with E-state index in [1.165, 1.54) is 27.6 Å². The van der Waals surface area contributed by atoms with Crippen LogP contribution < -0.4 is 4.90 Å². The van der Waals surface area contributed by atoms with Gasteiger partial charge in [0, 0.05) is 4.88 Å². The Morgan fingerprint density at radius 1 is 1.38 bits per heavy atom. The molecule has 138 valence electrons. The molecule has 3 heterocycles. The van der Waals surface area contributed by atoms with E-state index < -0.39 is 17.7 Å². The van der Waals surface area contributed by atoms with Gasteiger partial charge in [0.25, 0.3) is 5.91 Å². The molecule has 0 unspecified atom stereocenters. The molecule has 26 heavy (non-hydrogen) atoms. The zero-order chi connectivity index (χ0) is 19.0. The van der Waals surface area contributed by atoms with Gasteiger partial charge in [0.15, 0.2) is 5.76 Å². The maximum Gasteiger partial charge on any atom is 0.290 e. The van der Waals surface area contributed by atoms with Gasteiger partial charge < -0.3 is 14.9 Å². The van der Waals surface area contributed by atoms with Crippen molar-refractivity contribution in [3.05, 3.63) is 49.3 Å². The van der Waals surface area contributed by atoms with Gasteiger partial charge in [-0.2, -0.15) is 0 Å². The Morgan fingerprint density at radius 3 is 2.65 bits per heavy atom. The fourth-order valence-corrected chi connectivity index (χ4v) is 4.79. The van der Waals surface area contributed by atoms with Crippen molar-refractivity contribution in [2.45, 2.75) is 19.9 Å². The van der Waals surface area contributed by atoms with Gasteiger partial charge in [0.2, 0.25) is 5.78 Å². The van der Waals surface area contributed by atoms with E-state index in [4.69, 9.17) is 0 Å². The number of likely N-dealkylation sites (N-methyl/N-ethyl adjacent to an activating group) is 1. The highest BCUT2D eigenvalue weighted by atomic mass is 32.1. The van der Waals surface area contributed by atoms with Gasteiger partial charge in [-0.05, 0) is 25.3 Å². The van der Waals surface area contributed by atoms with Crippen LogP contribution in [0.3, 0.4) is 0 Å². The number of aliphatic hydroxyl groups is 1. The van der Waals surface area contributed by atoms with Crippen molar-refractivity contribution < 1.29 is 19.6 Å². The molecule has 0 spiro atoms. The number of Topliss-reactive ketones (excluding diaryl/α,β-unsaturated/α-hetero) is 1. The van der Waals surface area contributed by atoms with Crippen molar-refractivity contribution in [3.8, 4) is 0 Å². The number of nitrogens with one attached hydrogen (secondary N) is 1. The quantitative estimate of drug-likeness (QED) is 0.732. The van der Waals surface area contributed by atoms with Gasteiger partial charge >= 0.3 is 0 Å². The maximum absolute atomic E-state index is 13.2. The van der Waals surface area contributed by atoms with Gasteiger partial charge in [0.05, 0.1) is 54.4 Å². The van der Waals surface area contributed by atoms with Crippen molar-refractivity contribution in [2.75, 3.05) is 27.2 Å². The fraction of sp³-hybridized carbons (Fsp3) is 0.389. The maximum atomic E-state index is 13.2. The van der Waals surface area contributed by atoms with Crippen LogP contribution in [0.15, 0.2) is 28.8 Å². The van der Waals surface area contributed by atoms with E-state index in [0.29, 0.717) is 17.1 Å². The van der Waals surface area contributed by atoms with Crippen molar-refractivity contribution in [1.29, 1.82) is 0 Å². The number of thiazole rings is 1. The molecule has 8 heteroatoms. The van der Waals surface area contributed by atoms with E-state index in [2.05, 4.69) is 4.98 Å². The van der Waals surface area contributed by atoms with Crippen LogP contribution in [0.4, 0.5) is 0 Å². The van der Waals surface area contributed by atoms with E-state index in [9.17, 15) is 14.7 Å². The first kappa shape index (κ1) is 18.8. The Hall–Kier alpha value is -2.03. The molecular formula is C18H22N3O3S2+. The highest BCUT2D eigenvalue weighted by molar-refractivity contribution is 7.14. The largest absolute Gasteiger partial charge is 0.503 e. The molecular weight excluding hydrogens is 370 g/mol. The third-order valence-corrected chi connectivity index (χ3v) is 6.32. The lowest BCUT2D eigenvalue weighted by Crippen LogP contribution is -3.06. The monoisotopic (exact) mass is 392 g/mol. The first-order chi connectivity index (χ1) is 12.3. The summed E-state index contributed by atoms with van der Waals surface area (Å²) in [6.07, 6.45) is 0. The van der Waals surface area contributed by atoms with E-state index in [0.717, 1.165) is 16.4 Å². The van der Waals surface area contributed by atoms with Gasteiger partial charge in [-0.1, -0.05) is 6.07 Å². The van der Waals surface area contributed by atoms with Crippen LogP contribution in [-0.4, -0.2) is 53.9 Å². The number of rotatable bonds is 6. The molecule has 1 aliphatic rings. The molecule has 0 aliphatic carbocycles. The summed E-state index contributed by atoms with van der Waals surface area (Å²) >= 11 is 2.77. The second kappa shape index (κ2) is 7.30. The standard InChI is InChI=1S/C18H21N3O3S2/c1-10-17(26-11(2)19-10)15(22)13-14(12-6-5-9-25-12)21(8-7-20(3)4)18(24)16(13)23/h5-6,9,14,23H,7-8H2,1-4H3/p+1/t14-/m1/s1. The summed E-state index contributed by atoms with van der Waals surface area (Å²) in [5, 5.41) is 13.2. The summed E-state index contributed by atoms with van der Waals surface area (Å²) in [5.41, 5.74) is 0.796. The number of quaternary nitrogens is 1. The molecule has 3 rings (SSSR count). The van der Waals surface area contributed by atoms with Crippen molar-refractivity contribution in [2.24, 2.45) is 0 Å². The van der Waals surface area contributed by atoms with Gasteiger partial charge in [-0.15, -0.1) is 22.7 Å². The smallest absolute Gasteiger partial charge is 0.290 e. The molecule has 1 aliphatic heterocycles. The predicted molar refractivity (Wildman–Crippen MR) is 102 cm³/mol. The van der Waals surface area contributed by atoms with E-state index in [-0.39, 0.29) is 11.4 Å². The Balaban J connectivity index is 2.04. The van der Waals surface area contributed by atoms with Crippen molar-refractivity contribution in [1.82, 2.24) is 9.88 Å². The van der Waals surface area contributed by atoms with Crippen LogP contribution in [0.2, 0.25) is 0 Å². The number of carbonyl (C=O) groups is 2. The summed E-state index contributed by atoms with van der Waals surface area (Å²) in [4.78, 5) is 34.4. The van der Waals surface area contributed by atoms with Crippen LogP contribution in [0, 0.1) is 13.8 Å². The van der Waals surface area contributed by atoms with Crippen LogP contribution >= 0.6 is 22.7 Å². The lowest BCUT2D eigenvalue weighted by molar-refractivity contribution is -0.857. The molecule has 2 aromatic rings. The highest BCUT2D eigenvalue weighted by Gasteiger charge is 2.45. The molecule has 0 saturated carbocycles. The number of hydrogen-bond donors (Lipinski definition) is 2. The number of ketones is 1. The molecule has 0 bridgehead atoms. The Bertz CT molecular complexity index is 868. The number of thiophene rings is 1. The molecule has 0 aromatic carbocycles. The summed E-state index contributed by atoms with van der Waals surface area (Å²) in [7, 11) is 4.01. The number of aryl methyl sites for hydroxylation is 2. The highest BCUT2D eigenvalue weighted by Crippen LogP contribution is 2.41. The zero-order valence-corrected chi connectivity index (χ0v) is 16.8. The molecule has 1 atom stereocenters. The average Bonchev–Trinajstić information content (AvgIpc) is 3.26. The first-order valence-electron chi connectivity index (χ1n) is 8.36. The van der Waals surface area contributed by atoms with Crippen LogP contribution in [-0.2, 0) is 4.79 Å². The fourth-order valence-electron chi connectivity index (χ4n) is 3.07. The summed E-state index contributed by atoms with van der Waals surface area (Å²) in [6.45, 7) is 4.80. The lowest BCUT2D eigenvalue weighted by Gasteiger charge is -2.25. The third kappa shape index (κ3) is 3.32. The lowest BCUT2D eigenvalue weighted by atomic mass is 10.0. The molecule has 6 nitrogen and oxygen atoms in total. The molecule has 2 N–H and O–H groups in total. The molecule has 0 saturated heterocycles. The van der Waals surface area contributed by atoms with Crippen LogP contribution in [0.5, 0.6) is 0 Å². The average molecular weight is 393 g/mol. The Labute approximate surface area is 160 Å².